The first-order valence-corrected chi connectivity index (χ1v) is 10.0. The fraction of sp³-hybridized carbons (Fsp3) is 0.318. The fourth-order valence-corrected chi connectivity index (χ4v) is 4.09. The zero-order valence-electron chi connectivity index (χ0n) is 17.5. The minimum absolute atomic E-state index is 0.160. The minimum atomic E-state index is -0.160. The Kier molecular flexibility index (Phi) is 4.16. The lowest BCUT2D eigenvalue weighted by molar-refractivity contribution is 0.685. The van der Waals surface area contributed by atoms with Gasteiger partial charge in [-0.25, -0.2) is 4.98 Å². The molecule has 0 fully saturated rings. The second-order valence-corrected chi connectivity index (χ2v) is 7.93. The molecule has 0 aromatic carbocycles. The zero-order valence-corrected chi connectivity index (χ0v) is 17.5. The molecule has 8 nitrogen and oxygen atoms in total. The van der Waals surface area contributed by atoms with Crippen molar-refractivity contribution in [2.24, 2.45) is 7.05 Å². The van der Waals surface area contributed by atoms with Crippen molar-refractivity contribution < 1.29 is 0 Å². The van der Waals surface area contributed by atoms with Crippen LogP contribution in [-0.2, 0) is 20.0 Å². The molecule has 30 heavy (non-hydrogen) atoms. The van der Waals surface area contributed by atoms with E-state index in [9.17, 15) is 4.79 Å². The topological polar surface area (TPSA) is 81.2 Å². The van der Waals surface area contributed by atoms with Crippen LogP contribution in [0, 0.1) is 20.8 Å². The number of pyridine rings is 1. The molecule has 0 N–H and O–H groups in total. The number of rotatable bonds is 2. The molecule has 8 heteroatoms. The molecule has 1 aliphatic heterocycles. The first-order valence-electron chi connectivity index (χ1n) is 10.0. The summed E-state index contributed by atoms with van der Waals surface area (Å²) in [4.78, 5) is 23.8. The maximum atomic E-state index is 12.4. The van der Waals surface area contributed by atoms with Crippen molar-refractivity contribution in [2.75, 3.05) is 11.4 Å². The van der Waals surface area contributed by atoms with Gasteiger partial charge >= 0.3 is 0 Å². The molecule has 5 rings (SSSR count). The van der Waals surface area contributed by atoms with E-state index < -0.39 is 0 Å². The predicted octanol–water partition coefficient (Wildman–Crippen LogP) is 2.37. The SMILES string of the molecule is Cc1cc(=O)n2nc(N3CCc4ncc(-c5cnn(C)c5C)cc4C3)c(C)cc2n1. The van der Waals surface area contributed by atoms with Crippen LogP contribution in [0.3, 0.4) is 0 Å². The number of aromatic nitrogens is 6. The van der Waals surface area contributed by atoms with Crippen LogP contribution in [-0.4, -0.2) is 35.9 Å². The lowest BCUT2D eigenvalue weighted by Crippen LogP contribution is -2.33. The lowest BCUT2D eigenvalue weighted by atomic mass is 10.0. The number of hydrogen-bond acceptors (Lipinski definition) is 6. The van der Waals surface area contributed by atoms with E-state index in [1.165, 1.54) is 16.1 Å². The normalized spacial score (nSPS) is 13.7. The second kappa shape index (κ2) is 6.76. The molecule has 0 saturated heterocycles. The highest BCUT2D eigenvalue weighted by molar-refractivity contribution is 5.66. The third kappa shape index (κ3) is 2.96. The molecular formula is C22H23N7O. The lowest BCUT2D eigenvalue weighted by Gasteiger charge is -2.30. The molecule has 0 amide bonds. The zero-order chi connectivity index (χ0) is 21.0. The van der Waals surface area contributed by atoms with Crippen LogP contribution in [0.1, 0.15) is 28.2 Å². The van der Waals surface area contributed by atoms with E-state index >= 15 is 0 Å². The Morgan fingerprint density at radius 2 is 1.90 bits per heavy atom. The van der Waals surface area contributed by atoms with E-state index in [0.29, 0.717) is 17.9 Å². The molecule has 5 heterocycles. The Hall–Kier alpha value is -3.55. The standard InChI is InChI=1S/C22H23N7O/c1-13-7-20-25-14(2)8-21(30)29(20)26-22(13)28-6-5-19-17(12-28)9-16(10-23-19)18-11-24-27(4)15(18)3/h7-11H,5-6,12H2,1-4H3. The van der Waals surface area contributed by atoms with Crippen molar-refractivity contribution >= 4 is 11.5 Å². The van der Waals surface area contributed by atoms with Crippen molar-refractivity contribution in [3.8, 4) is 11.1 Å². The van der Waals surface area contributed by atoms with E-state index in [0.717, 1.165) is 46.9 Å². The summed E-state index contributed by atoms with van der Waals surface area (Å²) in [6.45, 7) is 7.40. The van der Waals surface area contributed by atoms with Gasteiger partial charge in [-0.3, -0.25) is 14.5 Å². The molecule has 4 aromatic heterocycles. The largest absolute Gasteiger partial charge is 0.350 e. The molecule has 0 saturated carbocycles. The molecule has 0 spiro atoms. The van der Waals surface area contributed by atoms with Gasteiger partial charge in [0, 0.05) is 67.0 Å². The third-order valence-corrected chi connectivity index (χ3v) is 5.83. The third-order valence-electron chi connectivity index (χ3n) is 5.83. The summed E-state index contributed by atoms with van der Waals surface area (Å²) in [6, 6.07) is 5.64. The van der Waals surface area contributed by atoms with E-state index in [1.54, 1.807) is 0 Å². The van der Waals surface area contributed by atoms with Gasteiger partial charge in [0.05, 0.1) is 6.20 Å². The highest BCUT2D eigenvalue weighted by Crippen LogP contribution is 2.29. The quantitative estimate of drug-likeness (QED) is 0.513. The van der Waals surface area contributed by atoms with E-state index in [-0.39, 0.29) is 5.56 Å². The van der Waals surface area contributed by atoms with Crippen LogP contribution < -0.4 is 10.5 Å². The first kappa shape index (κ1) is 18.5. The van der Waals surface area contributed by atoms with Gasteiger partial charge in [-0.1, -0.05) is 0 Å². The van der Waals surface area contributed by atoms with E-state index in [1.807, 2.05) is 44.0 Å². The molecule has 0 radical (unpaired) electrons. The monoisotopic (exact) mass is 401 g/mol. The van der Waals surface area contributed by atoms with E-state index in [2.05, 4.69) is 33.1 Å². The molecule has 0 aliphatic carbocycles. The fourth-order valence-electron chi connectivity index (χ4n) is 4.09. The van der Waals surface area contributed by atoms with Crippen molar-refractivity contribution in [1.82, 2.24) is 29.4 Å². The summed E-state index contributed by atoms with van der Waals surface area (Å²) >= 11 is 0. The molecule has 1 aliphatic rings. The van der Waals surface area contributed by atoms with Crippen LogP contribution in [0.2, 0.25) is 0 Å². The average molecular weight is 401 g/mol. The number of fused-ring (bicyclic) bond motifs is 2. The average Bonchev–Trinajstić information content (AvgIpc) is 3.05. The van der Waals surface area contributed by atoms with Crippen LogP contribution >= 0.6 is 0 Å². The van der Waals surface area contributed by atoms with Crippen molar-refractivity contribution in [3.63, 3.8) is 0 Å². The summed E-state index contributed by atoms with van der Waals surface area (Å²) in [5.74, 6) is 0.809. The maximum Gasteiger partial charge on any atom is 0.274 e. The number of anilines is 1. The molecule has 4 aromatic rings. The predicted molar refractivity (Wildman–Crippen MR) is 115 cm³/mol. The number of nitrogens with zero attached hydrogens (tertiary/aromatic N) is 7. The summed E-state index contributed by atoms with van der Waals surface area (Å²) in [5, 5.41) is 9.00. The Balaban J connectivity index is 1.54. The van der Waals surface area contributed by atoms with Crippen molar-refractivity contribution in [3.05, 3.63) is 69.2 Å². The van der Waals surface area contributed by atoms with Crippen LogP contribution in [0.4, 0.5) is 5.82 Å². The van der Waals surface area contributed by atoms with Crippen molar-refractivity contribution in [1.29, 1.82) is 0 Å². The Labute approximate surface area is 173 Å². The Bertz CT molecular complexity index is 1350. The van der Waals surface area contributed by atoms with Gasteiger partial charge in [0.2, 0.25) is 0 Å². The highest BCUT2D eigenvalue weighted by atomic mass is 16.1. The first-order chi connectivity index (χ1) is 14.4. The van der Waals surface area contributed by atoms with E-state index in [4.69, 9.17) is 4.98 Å². The van der Waals surface area contributed by atoms with Gasteiger partial charge in [-0.2, -0.15) is 9.61 Å². The number of hydrogen-bond donors (Lipinski definition) is 0. The Morgan fingerprint density at radius 1 is 1.07 bits per heavy atom. The molecular weight excluding hydrogens is 378 g/mol. The molecule has 0 unspecified atom stereocenters. The second-order valence-electron chi connectivity index (χ2n) is 7.93. The molecule has 152 valence electrons. The summed E-state index contributed by atoms with van der Waals surface area (Å²) in [7, 11) is 1.94. The van der Waals surface area contributed by atoms with Gasteiger partial charge in [-0.05, 0) is 44.0 Å². The van der Waals surface area contributed by atoms with Crippen LogP contribution in [0.25, 0.3) is 16.8 Å². The van der Waals surface area contributed by atoms with Crippen LogP contribution in [0.5, 0.6) is 0 Å². The summed E-state index contributed by atoms with van der Waals surface area (Å²) < 4.78 is 3.26. The van der Waals surface area contributed by atoms with Gasteiger partial charge in [0.15, 0.2) is 11.5 Å². The summed E-state index contributed by atoms with van der Waals surface area (Å²) in [6.07, 6.45) is 4.66. The highest BCUT2D eigenvalue weighted by Gasteiger charge is 2.22. The van der Waals surface area contributed by atoms with Gasteiger partial charge in [0.25, 0.3) is 5.56 Å². The van der Waals surface area contributed by atoms with Gasteiger partial charge in [0.1, 0.15) is 0 Å². The minimum Gasteiger partial charge on any atom is -0.350 e. The van der Waals surface area contributed by atoms with Gasteiger partial charge in [-0.15, -0.1) is 5.10 Å². The smallest absolute Gasteiger partial charge is 0.274 e. The maximum absolute atomic E-state index is 12.4. The summed E-state index contributed by atoms with van der Waals surface area (Å²) in [5.41, 5.74) is 7.69. The molecule has 0 bridgehead atoms. The van der Waals surface area contributed by atoms with Crippen molar-refractivity contribution in [2.45, 2.75) is 33.7 Å². The number of aryl methyl sites for hydroxylation is 3. The Morgan fingerprint density at radius 3 is 2.67 bits per heavy atom. The van der Waals surface area contributed by atoms with Gasteiger partial charge < -0.3 is 4.90 Å². The molecule has 0 atom stereocenters. The van der Waals surface area contributed by atoms with Crippen LogP contribution in [0.15, 0.2) is 35.4 Å².